The Balaban J connectivity index is 1.66. The van der Waals surface area contributed by atoms with E-state index in [0.29, 0.717) is 27.8 Å². The van der Waals surface area contributed by atoms with Crippen LogP contribution in [0.1, 0.15) is 52.4 Å². The van der Waals surface area contributed by atoms with Crippen LogP contribution in [0, 0.1) is 17.0 Å². The van der Waals surface area contributed by atoms with E-state index in [9.17, 15) is 24.8 Å². The summed E-state index contributed by atoms with van der Waals surface area (Å²) in [5.41, 5.74) is 2.79. The molecule has 0 saturated heterocycles. The Morgan fingerprint density at radius 3 is 2.50 bits per heavy atom. The van der Waals surface area contributed by atoms with Crippen molar-refractivity contribution >= 4 is 40.4 Å². The maximum atomic E-state index is 13.9. The maximum Gasteiger partial charge on any atom is 0.335 e. The summed E-state index contributed by atoms with van der Waals surface area (Å²) in [7, 11) is 1.60. The summed E-state index contributed by atoms with van der Waals surface area (Å²) in [4.78, 5) is 41.3. The molecule has 0 unspecified atom stereocenters. The number of para-hydroxylation sites is 1. The molecule has 46 heavy (non-hydrogen) atoms. The van der Waals surface area contributed by atoms with Crippen molar-refractivity contribution in [1.29, 1.82) is 0 Å². The molecule has 0 aliphatic rings. The van der Waals surface area contributed by atoms with Gasteiger partial charge in [0.1, 0.15) is 12.4 Å². The maximum absolute atomic E-state index is 13.9. The molecule has 5 aromatic rings. The van der Waals surface area contributed by atoms with Crippen LogP contribution in [0.25, 0.3) is 22.3 Å². The van der Waals surface area contributed by atoms with Gasteiger partial charge in [0.2, 0.25) is 5.75 Å². The number of nitro benzene ring substituents is 1. The quantitative estimate of drug-likeness (QED) is 0.0956. The van der Waals surface area contributed by atoms with Gasteiger partial charge in [0.15, 0.2) is 5.82 Å². The van der Waals surface area contributed by atoms with Gasteiger partial charge < -0.3 is 14.6 Å². The van der Waals surface area contributed by atoms with Crippen LogP contribution in [0.3, 0.4) is 0 Å². The molecule has 1 aromatic heterocycles. The highest BCUT2D eigenvalue weighted by Crippen LogP contribution is 2.36. The van der Waals surface area contributed by atoms with E-state index in [1.54, 1.807) is 43.5 Å². The SMILES string of the molecule is COc1cc(C)c(-c2nc3ccccc3c(=O)n2N=Cc2cc(Cl)cc([N+](=O)[O-])c2OCc2ccc(C(=O)O)cc2)cc1C(C)C. The summed E-state index contributed by atoms with van der Waals surface area (Å²) in [6, 6.07) is 19.2. The Hall–Kier alpha value is -5.55. The Morgan fingerprint density at radius 1 is 1.13 bits per heavy atom. The van der Waals surface area contributed by atoms with Gasteiger partial charge in [0.05, 0.1) is 34.7 Å². The molecule has 0 bridgehead atoms. The Labute approximate surface area is 268 Å². The monoisotopic (exact) mass is 640 g/mol. The number of hydrogen-bond donors (Lipinski definition) is 1. The zero-order valence-electron chi connectivity index (χ0n) is 25.4. The number of fused-ring (bicyclic) bond motifs is 1. The number of aromatic nitrogens is 2. The van der Waals surface area contributed by atoms with Gasteiger partial charge >= 0.3 is 11.7 Å². The molecular weight excluding hydrogens is 612 g/mol. The Bertz CT molecular complexity index is 2070. The van der Waals surface area contributed by atoms with E-state index in [1.807, 2.05) is 32.9 Å². The highest BCUT2D eigenvalue weighted by Gasteiger charge is 2.22. The second-order valence-corrected chi connectivity index (χ2v) is 11.2. The van der Waals surface area contributed by atoms with Crippen LogP contribution < -0.4 is 15.0 Å². The molecule has 4 aromatic carbocycles. The molecule has 0 atom stereocenters. The molecule has 5 rings (SSSR count). The number of nitrogens with zero attached hydrogens (tertiary/aromatic N) is 4. The largest absolute Gasteiger partial charge is 0.496 e. The Kier molecular flexibility index (Phi) is 9.15. The smallest absolute Gasteiger partial charge is 0.335 e. The van der Waals surface area contributed by atoms with Gasteiger partial charge in [-0.25, -0.2) is 9.78 Å². The van der Waals surface area contributed by atoms with Gasteiger partial charge in [-0.1, -0.05) is 49.7 Å². The fourth-order valence-corrected chi connectivity index (χ4v) is 5.20. The number of nitro groups is 1. The minimum atomic E-state index is -1.08. The van der Waals surface area contributed by atoms with Crippen LogP contribution in [0.4, 0.5) is 5.69 Å². The second kappa shape index (κ2) is 13.2. The van der Waals surface area contributed by atoms with Crippen molar-refractivity contribution in [2.75, 3.05) is 7.11 Å². The number of halogens is 1. The highest BCUT2D eigenvalue weighted by atomic mass is 35.5. The van der Waals surface area contributed by atoms with E-state index in [0.717, 1.165) is 21.9 Å². The number of aryl methyl sites for hydroxylation is 1. The van der Waals surface area contributed by atoms with E-state index in [-0.39, 0.29) is 40.2 Å². The first kappa shape index (κ1) is 31.9. The average molecular weight is 641 g/mol. The van der Waals surface area contributed by atoms with Crippen LogP contribution in [-0.4, -0.2) is 39.0 Å². The van der Waals surface area contributed by atoms with Crippen LogP contribution in [0.2, 0.25) is 5.02 Å². The van der Waals surface area contributed by atoms with Crippen molar-refractivity contribution in [2.45, 2.75) is 33.3 Å². The lowest BCUT2D eigenvalue weighted by molar-refractivity contribution is -0.385. The summed E-state index contributed by atoms with van der Waals surface area (Å²) >= 11 is 6.27. The third-order valence-corrected chi connectivity index (χ3v) is 7.57. The Morgan fingerprint density at radius 2 is 1.85 bits per heavy atom. The molecule has 11 nitrogen and oxygen atoms in total. The van der Waals surface area contributed by atoms with Crippen molar-refractivity contribution in [2.24, 2.45) is 5.10 Å². The number of carboxylic acids is 1. The summed E-state index contributed by atoms with van der Waals surface area (Å²) < 4.78 is 12.7. The average Bonchev–Trinajstić information content (AvgIpc) is 3.03. The molecule has 0 amide bonds. The molecule has 12 heteroatoms. The van der Waals surface area contributed by atoms with Crippen LogP contribution >= 0.6 is 11.6 Å². The van der Waals surface area contributed by atoms with Crippen molar-refractivity contribution in [3.63, 3.8) is 0 Å². The van der Waals surface area contributed by atoms with Crippen LogP contribution in [0.15, 0.2) is 82.7 Å². The first-order valence-electron chi connectivity index (χ1n) is 14.2. The van der Waals surface area contributed by atoms with Gasteiger partial charge in [0, 0.05) is 22.2 Å². The summed E-state index contributed by atoms with van der Waals surface area (Å²) in [5, 5.41) is 26.1. The fraction of sp³-hybridized carbons (Fsp3) is 0.176. The molecule has 234 valence electrons. The number of carboxylic acid groups (broad SMARTS) is 1. The van der Waals surface area contributed by atoms with Crippen molar-refractivity contribution in [1.82, 2.24) is 9.66 Å². The fourth-order valence-electron chi connectivity index (χ4n) is 4.98. The first-order valence-corrected chi connectivity index (χ1v) is 14.5. The predicted molar refractivity (Wildman–Crippen MR) is 176 cm³/mol. The van der Waals surface area contributed by atoms with Gasteiger partial charge in [-0.15, -0.1) is 0 Å². The van der Waals surface area contributed by atoms with Crippen LogP contribution in [0.5, 0.6) is 11.5 Å². The lowest BCUT2D eigenvalue weighted by atomic mass is 9.96. The molecule has 1 heterocycles. The molecular formula is C34H29ClN4O7. The van der Waals surface area contributed by atoms with E-state index >= 15 is 0 Å². The number of hydrogen-bond acceptors (Lipinski definition) is 8. The molecule has 0 fully saturated rings. The lowest BCUT2D eigenvalue weighted by Crippen LogP contribution is -2.21. The van der Waals surface area contributed by atoms with E-state index in [2.05, 4.69) is 5.10 Å². The highest BCUT2D eigenvalue weighted by molar-refractivity contribution is 6.31. The summed E-state index contributed by atoms with van der Waals surface area (Å²) in [6.45, 7) is 5.83. The van der Waals surface area contributed by atoms with Gasteiger partial charge in [-0.05, 0) is 72.0 Å². The van der Waals surface area contributed by atoms with Crippen LogP contribution in [-0.2, 0) is 6.61 Å². The van der Waals surface area contributed by atoms with E-state index in [1.165, 1.54) is 24.4 Å². The topological polar surface area (TPSA) is 146 Å². The van der Waals surface area contributed by atoms with Crippen molar-refractivity contribution < 1.29 is 24.3 Å². The van der Waals surface area contributed by atoms with E-state index in [4.69, 9.17) is 26.1 Å². The number of carbonyl (C=O) groups is 1. The number of aromatic carboxylic acids is 1. The minimum absolute atomic E-state index is 0.0584. The third-order valence-electron chi connectivity index (χ3n) is 7.35. The number of rotatable bonds is 10. The standard InChI is InChI=1S/C34H29ClN4O7/c1-19(2)26-16-27(20(3)13-30(26)45-4)32-37-28-8-6-5-7-25(28)33(40)38(32)36-17-23-14-24(35)15-29(39(43)44)31(23)46-18-21-9-11-22(12-10-21)34(41)42/h5-17,19H,18H2,1-4H3,(H,41,42). The lowest BCUT2D eigenvalue weighted by Gasteiger charge is -2.17. The third kappa shape index (κ3) is 6.45. The first-order chi connectivity index (χ1) is 22.0. The second-order valence-electron chi connectivity index (χ2n) is 10.8. The van der Waals surface area contributed by atoms with Gasteiger partial charge in [-0.2, -0.15) is 9.78 Å². The van der Waals surface area contributed by atoms with E-state index < -0.39 is 22.1 Å². The summed E-state index contributed by atoms with van der Waals surface area (Å²) in [5.74, 6) is -0.140. The molecule has 0 spiro atoms. The van der Waals surface area contributed by atoms with Crippen molar-refractivity contribution in [3.05, 3.63) is 126 Å². The molecule has 0 aliphatic carbocycles. The molecule has 0 aliphatic heterocycles. The normalized spacial score (nSPS) is 11.3. The predicted octanol–water partition coefficient (Wildman–Crippen LogP) is 7.22. The zero-order chi connectivity index (χ0) is 33.1. The zero-order valence-corrected chi connectivity index (χ0v) is 26.1. The number of benzene rings is 4. The summed E-state index contributed by atoms with van der Waals surface area (Å²) in [6.07, 6.45) is 1.27. The molecule has 0 radical (unpaired) electrons. The molecule has 0 saturated carbocycles. The van der Waals surface area contributed by atoms with Crippen molar-refractivity contribution in [3.8, 4) is 22.9 Å². The molecule has 1 N–H and O–H groups in total. The number of methoxy groups -OCH3 is 1. The van der Waals surface area contributed by atoms with Gasteiger partial charge in [-0.3, -0.25) is 14.9 Å². The minimum Gasteiger partial charge on any atom is -0.496 e. The number of ether oxygens (including phenoxy) is 2. The van der Waals surface area contributed by atoms with Gasteiger partial charge in [0.25, 0.3) is 5.56 Å².